The summed E-state index contributed by atoms with van der Waals surface area (Å²) in [5.74, 6) is 1.58. The molecule has 3 aromatic rings. The number of nitrogens with zero attached hydrogens (tertiary/aromatic N) is 3. The molecular weight excluding hydrogens is 390 g/mol. The van der Waals surface area contributed by atoms with Crippen LogP contribution in [0.25, 0.3) is 11.0 Å². The number of carbonyl (C=O) groups excluding carboxylic acids is 1. The molecule has 2 heterocycles. The Hall–Kier alpha value is -2.57. The number of fused-ring (bicyclic) bond motifs is 1. The molecule has 0 radical (unpaired) electrons. The van der Waals surface area contributed by atoms with E-state index in [4.69, 9.17) is 26.1 Å². The highest BCUT2D eigenvalue weighted by atomic mass is 35.5. The molecule has 29 heavy (non-hydrogen) atoms. The molecular formula is C22H24ClN3O3. The number of hydrogen-bond acceptors (Lipinski definition) is 4. The Labute approximate surface area is 175 Å². The van der Waals surface area contributed by atoms with Crippen molar-refractivity contribution in [1.82, 2.24) is 9.55 Å². The van der Waals surface area contributed by atoms with Gasteiger partial charge < -0.3 is 18.9 Å². The maximum Gasteiger partial charge on any atom is 0.227 e. The molecule has 6 nitrogen and oxygen atoms in total. The van der Waals surface area contributed by atoms with E-state index in [0.29, 0.717) is 49.2 Å². The van der Waals surface area contributed by atoms with Crippen molar-refractivity contribution in [3.63, 3.8) is 0 Å². The SMILES string of the molecule is CCOCCn1c([C@H]2CC(=O)N(c3cc(Cl)ccc3OC)C2)nc2ccccc21. The molecule has 1 fully saturated rings. The molecule has 0 spiro atoms. The van der Waals surface area contributed by atoms with E-state index in [1.165, 1.54) is 0 Å². The van der Waals surface area contributed by atoms with Crippen molar-refractivity contribution < 1.29 is 14.3 Å². The van der Waals surface area contributed by atoms with Gasteiger partial charge in [-0.1, -0.05) is 23.7 Å². The lowest BCUT2D eigenvalue weighted by Gasteiger charge is -2.20. The van der Waals surface area contributed by atoms with Crippen molar-refractivity contribution >= 4 is 34.2 Å². The van der Waals surface area contributed by atoms with Gasteiger partial charge in [-0.05, 0) is 37.3 Å². The molecule has 1 aliphatic rings. The third kappa shape index (κ3) is 3.82. The number of benzene rings is 2. The number of methoxy groups -OCH3 is 1. The molecule has 0 saturated carbocycles. The van der Waals surface area contributed by atoms with E-state index in [-0.39, 0.29) is 11.8 Å². The Kier molecular flexibility index (Phi) is 5.74. The van der Waals surface area contributed by atoms with Crippen molar-refractivity contribution in [3.05, 3.63) is 53.3 Å². The zero-order valence-electron chi connectivity index (χ0n) is 16.6. The Morgan fingerprint density at radius 2 is 2.07 bits per heavy atom. The van der Waals surface area contributed by atoms with E-state index in [0.717, 1.165) is 16.9 Å². The normalized spacial score (nSPS) is 16.7. The van der Waals surface area contributed by atoms with Crippen molar-refractivity contribution in [2.45, 2.75) is 25.8 Å². The molecule has 0 unspecified atom stereocenters. The van der Waals surface area contributed by atoms with Gasteiger partial charge in [0.2, 0.25) is 5.91 Å². The van der Waals surface area contributed by atoms with Gasteiger partial charge in [-0.2, -0.15) is 0 Å². The van der Waals surface area contributed by atoms with Crippen LogP contribution in [0.3, 0.4) is 0 Å². The third-order valence-electron chi connectivity index (χ3n) is 5.27. The third-order valence-corrected chi connectivity index (χ3v) is 5.50. The van der Waals surface area contributed by atoms with Crippen molar-refractivity contribution in [2.75, 3.05) is 31.8 Å². The molecule has 152 valence electrons. The molecule has 4 rings (SSSR count). The van der Waals surface area contributed by atoms with E-state index in [2.05, 4.69) is 10.6 Å². The smallest absolute Gasteiger partial charge is 0.227 e. The Bertz CT molecular complexity index is 1030. The molecule has 1 aromatic heterocycles. The highest BCUT2D eigenvalue weighted by Gasteiger charge is 2.36. The average molecular weight is 414 g/mol. The second kappa shape index (κ2) is 8.43. The zero-order valence-corrected chi connectivity index (χ0v) is 17.4. The van der Waals surface area contributed by atoms with Gasteiger partial charge in [0.05, 0.1) is 30.4 Å². The van der Waals surface area contributed by atoms with Gasteiger partial charge in [0.1, 0.15) is 11.6 Å². The van der Waals surface area contributed by atoms with Gasteiger partial charge in [0.15, 0.2) is 0 Å². The number of imidazole rings is 1. The second-order valence-corrected chi connectivity index (χ2v) is 7.47. The van der Waals surface area contributed by atoms with E-state index < -0.39 is 0 Å². The number of carbonyl (C=O) groups is 1. The molecule has 1 aliphatic heterocycles. The molecule has 7 heteroatoms. The molecule has 0 bridgehead atoms. The quantitative estimate of drug-likeness (QED) is 0.543. The number of para-hydroxylation sites is 2. The van der Waals surface area contributed by atoms with E-state index >= 15 is 0 Å². The lowest BCUT2D eigenvalue weighted by atomic mass is 10.1. The maximum absolute atomic E-state index is 12.9. The van der Waals surface area contributed by atoms with Crippen LogP contribution < -0.4 is 9.64 Å². The summed E-state index contributed by atoms with van der Waals surface area (Å²) in [6, 6.07) is 13.4. The zero-order chi connectivity index (χ0) is 20.4. The lowest BCUT2D eigenvalue weighted by Crippen LogP contribution is -2.25. The van der Waals surface area contributed by atoms with E-state index in [1.54, 1.807) is 30.2 Å². The Balaban J connectivity index is 1.68. The van der Waals surface area contributed by atoms with Crippen LogP contribution in [0, 0.1) is 0 Å². The maximum atomic E-state index is 12.9. The van der Waals surface area contributed by atoms with Crippen LogP contribution >= 0.6 is 11.6 Å². The van der Waals surface area contributed by atoms with Crippen LogP contribution in [0.15, 0.2) is 42.5 Å². The molecule has 0 aliphatic carbocycles. The number of halogens is 1. The summed E-state index contributed by atoms with van der Waals surface area (Å²) in [7, 11) is 1.60. The van der Waals surface area contributed by atoms with Crippen molar-refractivity contribution in [2.24, 2.45) is 0 Å². The molecule has 1 saturated heterocycles. The predicted molar refractivity (Wildman–Crippen MR) is 114 cm³/mol. The number of anilines is 1. The summed E-state index contributed by atoms with van der Waals surface area (Å²) >= 11 is 6.18. The molecule has 1 amide bonds. The minimum Gasteiger partial charge on any atom is -0.495 e. The van der Waals surface area contributed by atoms with Crippen LogP contribution in [-0.2, 0) is 16.1 Å². The van der Waals surface area contributed by atoms with Crippen molar-refractivity contribution in [1.29, 1.82) is 0 Å². The fraction of sp³-hybridized carbons (Fsp3) is 0.364. The summed E-state index contributed by atoms with van der Waals surface area (Å²) in [6.07, 6.45) is 0.396. The van der Waals surface area contributed by atoms with Crippen LogP contribution in [0.4, 0.5) is 5.69 Å². The first kappa shape index (κ1) is 19.7. The summed E-state index contributed by atoms with van der Waals surface area (Å²) in [6.45, 7) is 4.50. The Morgan fingerprint density at radius 1 is 1.24 bits per heavy atom. The minimum atomic E-state index is -0.0137. The fourth-order valence-corrected chi connectivity index (χ4v) is 4.09. The number of ether oxygens (including phenoxy) is 2. The molecule has 0 N–H and O–H groups in total. The first-order valence-corrected chi connectivity index (χ1v) is 10.2. The lowest BCUT2D eigenvalue weighted by molar-refractivity contribution is -0.117. The van der Waals surface area contributed by atoms with Gasteiger partial charge in [-0.3, -0.25) is 4.79 Å². The van der Waals surface area contributed by atoms with Gasteiger partial charge in [-0.15, -0.1) is 0 Å². The fourth-order valence-electron chi connectivity index (χ4n) is 3.93. The van der Waals surface area contributed by atoms with Crippen LogP contribution in [0.5, 0.6) is 5.75 Å². The number of amides is 1. The predicted octanol–water partition coefficient (Wildman–Crippen LogP) is 4.26. The summed E-state index contributed by atoms with van der Waals surface area (Å²) in [5.41, 5.74) is 2.70. The van der Waals surface area contributed by atoms with E-state index in [9.17, 15) is 4.79 Å². The Morgan fingerprint density at radius 3 is 2.86 bits per heavy atom. The standard InChI is InChI=1S/C22H24ClN3O3/c1-3-29-11-10-25-18-7-5-4-6-17(18)24-22(25)15-12-21(27)26(14-15)19-13-16(23)8-9-20(19)28-2/h4-9,13,15H,3,10-12,14H2,1-2H3/t15-/m0/s1. The van der Waals surface area contributed by atoms with Crippen LogP contribution in [0.1, 0.15) is 25.1 Å². The van der Waals surface area contributed by atoms with Gasteiger partial charge in [0.25, 0.3) is 0 Å². The average Bonchev–Trinajstić information content (AvgIpc) is 3.29. The molecule has 1 atom stereocenters. The summed E-state index contributed by atoms with van der Waals surface area (Å²) in [5, 5.41) is 0.570. The summed E-state index contributed by atoms with van der Waals surface area (Å²) < 4.78 is 13.2. The monoisotopic (exact) mass is 413 g/mol. The number of rotatable bonds is 7. The van der Waals surface area contributed by atoms with Crippen LogP contribution in [-0.4, -0.2) is 42.3 Å². The molecule has 2 aromatic carbocycles. The topological polar surface area (TPSA) is 56.6 Å². The second-order valence-electron chi connectivity index (χ2n) is 7.03. The van der Waals surface area contributed by atoms with Crippen molar-refractivity contribution in [3.8, 4) is 5.75 Å². The van der Waals surface area contributed by atoms with Gasteiger partial charge in [-0.25, -0.2) is 4.98 Å². The minimum absolute atomic E-state index is 0.0137. The number of hydrogen-bond donors (Lipinski definition) is 0. The largest absolute Gasteiger partial charge is 0.495 e. The number of aromatic nitrogens is 2. The van der Waals surface area contributed by atoms with E-state index in [1.807, 2.05) is 25.1 Å². The van der Waals surface area contributed by atoms with Crippen LogP contribution in [0.2, 0.25) is 5.02 Å². The highest BCUT2D eigenvalue weighted by molar-refractivity contribution is 6.31. The first-order valence-electron chi connectivity index (χ1n) is 9.79. The first-order chi connectivity index (χ1) is 14.1. The van der Waals surface area contributed by atoms with Gasteiger partial charge in [0, 0.05) is 37.1 Å². The summed E-state index contributed by atoms with van der Waals surface area (Å²) in [4.78, 5) is 19.5. The highest BCUT2D eigenvalue weighted by Crippen LogP contribution is 2.38. The van der Waals surface area contributed by atoms with Gasteiger partial charge >= 0.3 is 0 Å².